The fourth-order valence-electron chi connectivity index (χ4n) is 4.12. The van der Waals surface area contributed by atoms with E-state index < -0.39 is 0 Å². The average molecular weight is 352 g/mol. The summed E-state index contributed by atoms with van der Waals surface area (Å²) in [6.45, 7) is 3.88. The molecule has 1 aromatic heterocycles. The maximum absolute atomic E-state index is 10.7. The van der Waals surface area contributed by atoms with Crippen molar-refractivity contribution in [2.45, 2.75) is 25.4 Å². The number of anilines is 1. The second-order valence-corrected chi connectivity index (χ2v) is 8.48. The minimum Gasteiger partial charge on any atom is -0.392 e. The molecular weight excluding hydrogens is 330 g/mol. The number of nitrogens with zero attached hydrogens (tertiary/aromatic N) is 3. The van der Waals surface area contributed by atoms with Gasteiger partial charge in [-0.2, -0.15) is 0 Å². The molecule has 4 rings (SSSR count). The Balaban J connectivity index is 1.63. The van der Waals surface area contributed by atoms with Crippen LogP contribution in [0.25, 0.3) is 10.2 Å². The number of hydrogen-bond acceptors (Lipinski definition) is 5. The van der Waals surface area contributed by atoms with E-state index in [4.69, 9.17) is 16.6 Å². The van der Waals surface area contributed by atoms with Crippen LogP contribution in [0.2, 0.25) is 5.02 Å². The van der Waals surface area contributed by atoms with Crippen LogP contribution in [0.3, 0.4) is 0 Å². The summed E-state index contributed by atoms with van der Waals surface area (Å²) in [5, 5.41) is 12.5. The second kappa shape index (κ2) is 5.88. The fraction of sp³-hybridized carbons (Fsp3) is 0.588. The first-order valence-electron chi connectivity index (χ1n) is 8.23. The van der Waals surface area contributed by atoms with Crippen molar-refractivity contribution in [2.75, 3.05) is 38.1 Å². The number of aromatic nitrogens is 1. The summed E-state index contributed by atoms with van der Waals surface area (Å²) >= 11 is 7.79. The van der Waals surface area contributed by atoms with E-state index in [-0.39, 0.29) is 11.5 Å². The predicted molar refractivity (Wildman–Crippen MR) is 96.6 cm³/mol. The van der Waals surface area contributed by atoms with Gasteiger partial charge in [0.2, 0.25) is 0 Å². The van der Waals surface area contributed by atoms with Crippen molar-refractivity contribution in [2.24, 2.45) is 5.41 Å². The van der Waals surface area contributed by atoms with E-state index in [1.165, 1.54) is 0 Å². The van der Waals surface area contributed by atoms with E-state index >= 15 is 0 Å². The average Bonchev–Trinajstić information content (AvgIpc) is 2.95. The zero-order valence-electron chi connectivity index (χ0n) is 13.3. The van der Waals surface area contributed by atoms with E-state index in [1.54, 1.807) is 11.3 Å². The summed E-state index contributed by atoms with van der Waals surface area (Å²) in [5.41, 5.74) is 0.996. The van der Waals surface area contributed by atoms with Crippen molar-refractivity contribution in [3.63, 3.8) is 0 Å². The van der Waals surface area contributed by atoms with Gasteiger partial charge in [-0.3, -0.25) is 0 Å². The summed E-state index contributed by atoms with van der Waals surface area (Å²) in [4.78, 5) is 9.51. The lowest BCUT2D eigenvalue weighted by atomic mass is 9.72. The number of aliphatic hydroxyl groups excluding tert-OH is 1. The summed E-state index contributed by atoms with van der Waals surface area (Å²) < 4.78 is 1.13. The van der Waals surface area contributed by atoms with Crippen LogP contribution in [-0.2, 0) is 0 Å². The predicted octanol–water partition coefficient (Wildman–Crippen LogP) is 3.23. The molecule has 6 heteroatoms. The number of thiazole rings is 1. The molecule has 2 aliphatic rings. The summed E-state index contributed by atoms with van der Waals surface area (Å²) in [7, 11) is 2.16. The van der Waals surface area contributed by atoms with Crippen LogP contribution in [0.5, 0.6) is 0 Å². The van der Waals surface area contributed by atoms with E-state index in [0.717, 1.165) is 65.8 Å². The molecule has 3 heterocycles. The Morgan fingerprint density at radius 2 is 2.22 bits per heavy atom. The lowest BCUT2D eigenvalue weighted by Crippen LogP contribution is -2.58. The first kappa shape index (κ1) is 15.6. The number of aliphatic hydroxyl groups is 1. The van der Waals surface area contributed by atoms with E-state index in [0.29, 0.717) is 0 Å². The lowest BCUT2D eigenvalue weighted by molar-refractivity contribution is -0.0465. The molecule has 0 unspecified atom stereocenters. The topological polar surface area (TPSA) is 39.6 Å². The van der Waals surface area contributed by atoms with Crippen molar-refractivity contribution in [3.8, 4) is 0 Å². The van der Waals surface area contributed by atoms with Crippen molar-refractivity contribution in [1.82, 2.24) is 9.88 Å². The number of piperidine rings is 2. The highest BCUT2D eigenvalue weighted by molar-refractivity contribution is 7.22. The number of benzene rings is 1. The van der Waals surface area contributed by atoms with Crippen LogP contribution < -0.4 is 4.90 Å². The van der Waals surface area contributed by atoms with Gasteiger partial charge in [0.15, 0.2) is 5.13 Å². The molecule has 4 nitrogen and oxygen atoms in total. The Kier molecular flexibility index (Phi) is 4.00. The van der Waals surface area contributed by atoms with Crippen LogP contribution in [0.15, 0.2) is 18.2 Å². The molecule has 1 N–H and O–H groups in total. The Morgan fingerprint density at radius 3 is 3.09 bits per heavy atom. The van der Waals surface area contributed by atoms with Gasteiger partial charge < -0.3 is 14.9 Å². The van der Waals surface area contributed by atoms with Gasteiger partial charge in [-0.15, -0.1) is 0 Å². The third-order valence-corrected chi connectivity index (χ3v) is 6.61. The summed E-state index contributed by atoms with van der Waals surface area (Å²) in [6.07, 6.45) is 2.89. The van der Waals surface area contributed by atoms with Gasteiger partial charge >= 0.3 is 0 Å². The third-order valence-electron chi connectivity index (χ3n) is 5.29. The minimum atomic E-state index is -0.203. The number of halogens is 1. The Labute approximate surface area is 145 Å². The van der Waals surface area contributed by atoms with Crippen molar-refractivity contribution in [1.29, 1.82) is 0 Å². The molecule has 0 aliphatic carbocycles. The molecule has 0 radical (unpaired) electrons. The molecule has 0 saturated carbocycles. The number of hydrogen-bond donors (Lipinski definition) is 1. The van der Waals surface area contributed by atoms with Crippen LogP contribution >= 0.6 is 22.9 Å². The van der Waals surface area contributed by atoms with Gasteiger partial charge in [0.1, 0.15) is 0 Å². The molecule has 0 amide bonds. The van der Waals surface area contributed by atoms with Crippen LogP contribution in [0.1, 0.15) is 19.3 Å². The van der Waals surface area contributed by atoms with Gasteiger partial charge in [0.25, 0.3) is 0 Å². The summed E-state index contributed by atoms with van der Waals surface area (Å²) in [5.74, 6) is 0. The van der Waals surface area contributed by atoms with Crippen molar-refractivity contribution in [3.05, 3.63) is 23.2 Å². The zero-order valence-corrected chi connectivity index (χ0v) is 14.9. The Hall–Kier alpha value is -0.880. The largest absolute Gasteiger partial charge is 0.392 e. The highest BCUT2D eigenvalue weighted by atomic mass is 35.5. The zero-order chi connectivity index (χ0) is 16.0. The monoisotopic (exact) mass is 351 g/mol. The molecule has 2 atom stereocenters. The molecule has 2 saturated heterocycles. The Bertz CT molecular complexity index is 721. The maximum Gasteiger partial charge on any atom is 0.186 e. The first-order valence-corrected chi connectivity index (χ1v) is 9.43. The maximum atomic E-state index is 10.7. The van der Waals surface area contributed by atoms with Gasteiger partial charge in [0, 0.05) is 36.6 Å². The quantitative estimate of drug-likeness (QED) is 0.856. The van der Waals surface area contributed by atoms with E-state index in [9.17, 15) is 5.11 Å². The van der Waals surface area contributed by atoms with Crippen LogP contribution in [0, 0.1) is 5.41 Å². The number of rotatable bonds is 1. The molecule has 124 valence electrons. The van der Waals surface area contributed by atoms with Crippen LogP contribution in [0.4, 0.5) is 5.13 Å². The number of fused-ring (bicyclic) bond motifs is 1. The van der Waals surface area contributed by atoms with Gasteiger partial charge in [-0.05, 0) is 44.5 Å². The van der Waals surface area contributed by atoms with Gasteiger partial charge in [-0.25, -0.2) is 4.98 Å². The first-order chi connectivity index (χ1) is 11.1. The molecule has 0 bridgehead atoms. The lowest BCUT2D eigenvalue weighted by Gasteiger charge is -2.50. The van der Waals surface area contributed by atoms with Crippen molar-refractivity contribution >= 4 is 38.3 Å². The smallest absolute Gasteiger partial charge is 0.186 e. The molecular formula is C17H22ClN3OS. The minimum absolute atomic E-state index is 0.0131. The standard InChI is InChI=1S/C17H22ClN3OS/c1-20-8-5-15(22)17(10-20)6-2-7-21(11-17)16-19-13-4-3-12(18)9-14(13)23-16/h3-4,9,15,22H,2,5-8,10-11H2,1H3/t15-,17-/m0/s1. The molecule has 1 spiro atoms. The SMILES string of the molecule is CN1CC[C@H](O)[C@@]2(CCCN(c3nc4ccc(Cl)cc4s3)C2)C1. The van der Waals surface area contributed by atoms with E-state index in [2.05, 4.69) is 16.8 Å². The highest BCUT2D eigenvalue weighted by Gasteiger charge is 2.45. The normalized spacial score (nSPS) is 29.5. The van der Waals surface area contributed by atoms with Gasteiger partial charge in [0.05, 0.1) is 16.3 Å². The third kappa shape index (κ3) is 2.84. The number of likely N-dealkylation sites (tertiary alicyclic amines) is 1. The second-order valence-electron chi connectivity index (χ2n) is 7.04. The fourth-order valence-corrected chi connectivity index (χ4v) is 5.38. The van der Waals surface area contributed by atoms with E-state index in [1.807, 2.05) is 18.2 Å². The van der Waals surface area contributed by atoms with Gasteiger partial charge in [-0.1, -0.05) is 22.9 Å². The highest BCUT2D eigenvalue weighted by Crippen LogP contribution is 2.41. The molecule has 2 aromatic rings. The molecule has 2 fully saturated rings. The Morgan fingerprint density at radius 1 is 1.35 bits per heavy atom. The summed E-state index contributed by atoms with van der Waals surface area (Å²) in [6, 6.07) is 5.87. The molecule has 23 heavy (non-hydrogen) atoms. The van der Waals surface area contributed by atoms with Crippen LogP contribution in [-0.4, -0.2) is 54.3 Å². The molecule has 2 aliphatic heterocycles. The molecule has 1 aromatic carbocycles. The van der Waals surface area contributed by atoms with Crippen molar-refractivity contribution < 1.29 is 5.11 Å².